The van der Waals surface area contributed by atoms with Crippen molar-refractivity contribution in [3.63, 3.8) is 0 Å². The highest BCUT2D eigenvalue weighted by molar-refractivity contribution is 6.30. The number of aromatic amines is 1. The Bertz CT molecular complexity index is 857. The van der Waals surface area contributed by atoms with E-state index in [9.17, 15) is 9.90 Å². The first-order valence-corrected chi connectivity index (χ1v) is 7.82. The molecule has 5 heteroatoms. The largest absolute Gasteiger partial charge is 0.508 e. The molecule has 0 spiro atoms. The van der Waals surface area contributed by atoms with Gasteiger partial charge >= 0.3 is 0 Å². The second kappa shape index (κ2) is 6.34. The van der Waals surface area contributed by atoms with E-state index in [4.69, 9.17) is 11.6 Å². The highest BCUT2D eigenvalue weighted by Crippen LogP contribution is 2.23. The maximum Gasteiger partial charge on any atom is 0.268 e. The molecule has 0 aliphatic carbocycles. The first-order chi connectivity index (χ1) is 11.1. The second-order valence-electron chi connectivity index (χ2n) is 5.44. The number of amides is 1. The fraction of sp³-hybridized carbons (Fsp3) is 0.167. The van der Waals surface area contributed by atoms with Crippen LogP contribution in [0.2, 0.25) is 5.02 Å². The van der Waals surface area contributed by atoms with Crippen molar-refractivity contribution in [2.75, 3.05) is 0 Å². The molecule has 0 aliphatic rings. The monoisotopic (exact) mass is 328 g/mol. The quantitative estimate of drug-likeness (QED) is 0.664. The summed E-state index contributed by atoms with van der Waals surface area (Å²) in [4.78, 5) is 15.6. The van der Waals surface area contributed by atoms with Gasteiger partial charge in [0.25, 0.3) is 5.91 Å². The number of fused-ring (bicyclic) bond motifs is 1. The Hall–Kier alpha value is -2.46. The van der Waals surface area contributed by atoms with Gasteiger partial charge in [-0.25, -0.2) is 0 Å². The SMILES string of the molecule is CCC(NC(=O)c1cc2cc(O)ccc2[nH]1)c1cccc(Cl)c1. The van der Waals surface area contributed by atoms with E-state index in [1.54, 1.807) is 24.3 Å². The normalized spacial score (nSPS) is 12.3. The zero-order valence-electron chi connectivity index (χ0n) is 12.6. The Labute approximate surface area is 139 Å². The third-order valence-electron chi connectivity index (χ3n) is 3.81. The summed E-state index contributed by atoms with van der Waals surface area (Å²) in [6.45, 7) is 2.01. The summed E-state index contributed by atoms with van der Waals surface area (Å²) in [5.74, 6) is -0.0127. The highest BCUT2D eigenvalue weighted by Gasteiger charge is 2.16. The van der Waals surface area contributed by atoms with E-state index in [-0.39, 0.29) is 17.7 Å². The van der Waals surface area contributed by atoms with Crippen molar-refractivity contribution >= 4 is 28.4 Å². The van der Waals surface area contributed by atoms with Gasteiger partial charge in [0.15, 0.2) is 0 Å². The number of hydrogen-bond donors (Lipinski definition) is 3. The second-order valence-corrected chi connectivity index (χ2v) is 5.88. The molecule has 0 fully saturated rings. The highest BCUT2D eigenvalue weighted by atomic mass is 35.5. The van der Waals surface area contributed by atoms with Crippen molar-refractivity contribution in [2.45, 2.75) is 19.4 Å². The smallest absolute Gasteiger partial charge is 0.268 e. The van der Waals surface area contributed by atoms with Crippen LogP contribution in [0.1, 0.15) is 35.4 Å². The van der Waals surface area contributed by atoms with Crippen molar-refractivity contribution in [1.82, 2.24) is 10.3 Å². The molecule has 23 heavy (non-hydrogen) atoms. The fourth-order valence-corrected chi connectivity index (χ4v) is 2.82. The van der Waals surface area contributed by atoms with Gasteiger partial charge in [0.05, 0.1) is 6.04 Å². The molecule has 118 valence electrons. The lowest BCUT2D eigenvalue weighted by atomic mass is 10.0. The molecular weight excluding hydrogens is 312 g/mol. The maximum atomic E-state index is 12.5. The minimum absolute atomic E-state index is 0.110. The molecule has 1 atom stereocenters. The van der Waals surface area contributed by atoms with Crippen molar-refractivity contribution in [3.8, 4) is 5.75 Å². The van der Waals surface area contributed by atoms with E-state index in [0.29, 0.717) is 10.7 Å². The summed E-state index contributed by atoms with van der Waals surface area (Å²) < 4.78 is 0. The Morgan fingerprint density at radius 2 is 2.09 bits per heavy atom. The van der Waals surface area contributed by atoms with Crippen LogP contribution in [-0.2, 0) is 0 Å². The van der Waals surface area contributed by atoms with Gasteiger partial charge in [0.2, 0.25) is 0 Å². The molecule has 0 radical (unpaired) electrons. The average Bonchev–Trinajstić information content (AvgIpc) is 2.95. The Balaban J connectivity index is 1.83. The molecular formula is C18H17ClN2O2. The standard InChI is InChI=1S/C18H17ClN2O2/c1-2-15(11-4-3-5-13(19)8-11)21-18(23)17-10-12-9-14(22)6-7-16(12)20-17/h3-10,15,20,22H,2H2,1H3,(H,21,23). The summed E-state index contributed by atoms with van der Waals surface area (Å²) in [6.07, 6.45) is 0.757. The molecule has 1 heterocycles. The molecule has 0 saturated carbocycles. The predicted molar refractivity (Wildman–Crippen MR) is 91.9 cm³/mol. The molecule has 3 N–H and O–H groups in total. The van der Waals surface area contributed by atoms with Crippen LogP contribution in [-0.4, -0.2) is 16.0 Å². The van der Waals surface area contributed by atoms with Crippen LogP contribution in [0.4, 0.5) is 0 Å². The maximum absolute atomic E-state index is 12.5. The van der Waals surface area contributed by atoms with E-state index >= 15 is 0 Å². The van der Waals surface area contributed by atoms with Gasteiger partial charge < -0.3 is 15.4 Å². The number of aromatic nitrogens is 1. The number of benzene rings is 2. The van der Waals surface area contributed by atoms with Gasteiger partial charge in [0, 0.05) is 15.9 Å². The topological polar surface area (TPSA) is 65.1 Å². The van der Waals surface area contributed by atoms with Crippen LogP contribution in [0.15, 0.2) is 48.5 Å². The molecule has 0 saturated heterocycles. The molecule has 1 amide bonds. The molecule has 0 bridgehead atoms. The summed E-state index contributed by atoms with van der Waals surface area (Å²) in [5.41, 5.74) is 2.25. The number of phenolic OH excluding ortho intramolecular Hbond substituents is 1. The third kappa shape index (κ3) is 3.32. The fourth-order valence-electron chi connectivity index (χ4n) is 2.62. The first kappa shape index (κ1) is 15.4. The van der Waals surface area contributed by atoms with Crippen molar-refractivity contribution < 1.29 is 9.90 Å². The van der Waals surface area contributed by atoms with Crippen LogP contribution in [0.5, 0.6) is 5.75 Å². The van der Waals surface area contributed by atoms with Crippen LogP contribution in [0, 0.1) is 0 Å². The molecule has 4 nitrogen and oxygen atoms in total. The zero-order valence-corrected chi connectivity index (χ0v) is 13.4. The van der Waals surface area contributed by atoms with Crippen molar-refractivity contribution in [1.29, 1.82) is 0 Å². The van der Waals surface area contributed by atoms with Crippen molar-refractivity contribution in [3.05, 3.63) is 64.8 Å². The number of hydrogen-bond acceptors (Lipinski definition) is 2. The van der Waals surface area contributed by atoms with E-state index in [0.717, 1.165) is 22.9 Å². The predicted octanol–water partition coefficient (Wildman–Crippen LogP) is 4.41. The van der Waals surface area contributed by atoms with E-state index in [1.807, 2.05) is 31.2 Å². The van der Waals surface area contributed by atoms with Crippen molar-refractivity contribution in [2.24, 2.45) is 0 Å². The molecule has 3 aromatic rings. The number of carbonyl (C=O) groups is 1. The summed E-state index contributed by atoms with van der Waals surface area (Å²) in [5, 5.41) is 14.0. The van der Waals surface area contributed by atoms with Gasteiger partial charge in [-0.05, 0) is 48.4 Å². The summed E-state index contributed by atoms with van der Waals surface area (Å²) in [7, 11) is 0. The molecule has 0 aliphatic heterocycles. The van der Waals surface area contributed by atoms with Gasteiger partial charge in [-0.1, -0.05) is 30.7 Å². The lowest BCUT2D eigenvalue weighted by Gasteiger charge is -2.17. The van der Waals surface area contributed by atoms with E-state index < -0.39 is 0 Å². The first-order valence-electron chi connectivity index (χ1n) is 7.45. The molecule has 1 aromatic heterocycles. The minimum Gasteiger partial charge on any atom is -0.508 e. The molecule has 1 unspecified atom stereocenters. The lowest BCUT2D eigenvalue weighted by molar-refractivity contribution is 0.0931. The zero-order chi connectivity index (χ0) is 16.4. The Morgan fingerprint density at radius 3 is 2.83 bits per heavy atom. The number of phenols is 1. The number of aromatic hydroxyl groups is 1. The lowest BCUT2D eigenvalue weighted by Crippen LogP contribution is -2.28. The number of nitrogens with one attached hydrogen (secondary N) is 2. The van der Waals surface area contributed by atoms with Gasteiger partial charge in [-0.2, -0.15) is 0 Å². The summed E-state index contributed by atoms with van der Waals surface area (Å²) in [6, 6.07) is 14.1. The van der Waals surface area contributed by atoms with Crippen LogP contribution < -0.4 is 5.32 Å². The van der Waals surface area contributed by atoms with Gasteiger partial charge in [-0.15, -0.1) is 0 Å². The van der Waals surface area contributed by atoms with Crippen LogP contribution >= 0.6 is 11.6 Å². The van der Waals surface area contributed by atoms with E-state index in [2.05, 4.69) is 10.3 Å². The Morgan fingerprint density at radius 1 is 1.26 bits per heavy atom. The summed E-state index contributed by atoms with van der Waals surface area (Å²) >= 11 is 6.03. The molecule has 3 rings (SSSR count). The van der Waals surface area contributed by atoms with Crippen LogP contribution in [0.3, 0.4) is 0 Å². The average molecular weight is 329 g/mol. The van der Waals surface area contributed by atoms with Gasteiger partial charge in [0.1, 0.15) is 11.4 Å². The van der Waals surface area contributed by atoms with E-state index in [1.165, 1.54) is 0 Å². The Kier molecular flexibility index (Phi) is 4.26. The minimum atomic E-state index is -0.187. The molecule has 2 aromatic carbocycles. The number of rotatable bonds is 4. The third-order valence-corrected chi connectivity index (χ3v) is 4.05. The van der Waals surface area contributed by atoms with Crippen LogP contribution in [0.25, 0.3) is 10.9 Å². The number of H-pyrrole nitrogens is 1. The number of halogens is 1. The number of carbonyl (C=O) groups excluding carboxylic acids is 1. The van der Waals surface area contributed by atoms with Gasteiger partial charge in [-0.3, -0.25) is 4.79 Å².